The van der Waals surface area contributed by atoms with Crippen LogP contribution in [0.4, 0.5) is 4.39 Å². The van der Waals surface area contributed by atoms with Crippen LogP contribution in [-0.4, -0.2) is 11.5 Å². The molecule has 0 radical (unpaired) electrons. The molecule has 4 heteroatoms. The largest absolute Gasteiger partial charge is 0.439 e. The number of oxazole rings is 1. The first kappa shape index (κ1) is 12.8. The van der Waals surface area contributed by atoms with E-state index < -0.39 is 0 Å². The van der Waals surface area contributed by atoms with E-state index in [9.17, 15) is 4.39 Å². The molecule has 1 aromatic heterocycles. The van der Waals surface area contributed by atoms with Crippen molar-refractivity contribution in [3.63, 3.8) is 0 Å². The predicted octanol–water partition coefficient (Wildman–Crippen LogP) is 3.23. The standard InChI is InChI=1S/C14H17FN2O/c1-10(2)7-16-9-14-17-8-13(18-14)11-5-3-4-6-12(11)15/h3-6,8,10,16H,7,9H2,1-2H3. The summed E-state index contributed by atoms with van der Waals surface area (Å²) in [5, 5.41) is 3.23. The highest BCUT2D eigenvalue weighted by molar-refractivity contribution is 5.56. The molecule has 1 N–H and O–H groups in total. The Kier molecular flexibility index (Phi) is 4.10. The Labute approximate surface area is 106 Å². The molecule has 1 aromatic carbocycles. The number of hydrogen-bond acceptors (Lipinski definition) is 3. The fourth-order valence-corrected chi connectivity index (χ4v) is 1.65. The lowest BCUT2D eigenvalue weighted by molar-refractivity contribution is 0.457. The number of rotatable bonds is 5. The van der Waals surface area contributed by atoms with Crippen LogP contribution >= 0.6 is 0 Å². The molecule has 0 atom stereocenters. The van der Waals surface area contributed by atoms with E-state index in [1.54, 1.807) is 24.4 Å². The molecule has 18 heavy (non-hydrogen) atoms. The van der Waals surface area contributed by atoms with Crippen molar-refractivity contribution in [2.45, 2.75) is 20.4 Å². The van der Waals surface area contributed by atoms with Gasteiger partial charge in [0, 0.05) is 0 Å². The lowest BCUT2D eigenvalue weighted by Crippen LogP contribution is -2.18. The smallest absolute Gasteiger partial charge is 0.208 e. The second kappa shape index (κ2) is 5.78. The molecular weight excluding hydrogens is 231 g/mol. The van der Waals surface area contributed by atoms with Gasteiger partial charge >= 0.3 is 0 Å². The Morgan fingerprint density at radius 3 is 2.83 bits per heavy atom. The van der Waals surface area contributed by atoms with Crippen molar-refractivity contribution in [2.24, 2.45) is 5.92 Å². The summed E-state index contributed by atoms with van der Waals surface area (Å²) in [5.41, 5.74) is 0.445. The van der Waals surface area contributed by atoms with E-state index >= 15 is 0 Å². The number of aromatic nitrogens is 1. The average Bonchev–Trinajstić information content (AvgIpc) is 2.78. The van der Waals surface area contributed by atoms with E-state index in [0.29, 0.717) is 29.7 Å². The quantitative estimate of drug-likeness (QED) is 0.882. The number of halogens is 1. The summed E-state index contributed by atoms with van der Waals surface area (Å²) in [6.45, 7) is 5.73. The molecule has 2 aromatic rings. The van der Waals surface area contributed by atoms with Gasteiger partial charge in [-0.1, -0.05) is 26.0 Å². The SMILES string of the molecule is CC(C)CNCc1ncc(-c2ccccc2F)o1. The Hall–Kier alpha value is -1.68. The molecule has 0 unspecified atom stereocenters. The van der Waals surface area contributed by atoms with Crippen LogP contribution in [0.5, 0.6) is 0 Å². The van der Waals surface area contributed by atoms with Crippen LogP contribution in [0.15, 0.2) is 34.9 Å². The van der Waals surface area contributed by atoms with E-state index in [1.807, 2.05) is 0 Å². The van der Waals surface area contributed by atoms with Crippen LogP contribution in [-0.2, 0) is 6.54 Å². The summed E-state index contributed by atoms with van der Waals surface area (Å²) in [6.07, 6.45) is 1.56. The summed E-state index contributed by atoms with van der Waals surface area (Å²) in [6, 6.07) is 6.52. The molecule has 0 spiro atoms. The van der Waals surface area contributed by atoms with E-state index in [-0.39, 0.29) is 5.82 Å². The molecule has 0 saturated heterocycles. The molecule has 0 bridgehead atoms. The number of nitrogens with zero attached hydrogens (tertiary/aromatic N) is 1. The maximum atomic E-state index is 13.5. The van der Waals surface area contributed by atoms with Crippen LogP contribution in [0.3, 0.4) is 0 Å². The highest BCUT2D eigenvalue weighted by Crippen LogP contribution is 2.23. The predicted molar refractivity (Wildman–Crippen MR) is 68.4 cm³/mol. The molecule has 0 aliphatic heterocycles. The fourth-order valence-electron chi connectivity index (χ4n) is 1.65. The summed E-state index contributed by atoms with van der Waals surface area (Å²) < 4.78 is 19.1. The third kappa shape index (κ3) is 3.17. The number of nitrogens with one attached hydrogen (secondary N) is 1. The van der Waals surface area contributed by atoms with Gasteiger partial charge in [0.15, 0.2) is 5.76 Å². The van der Waals surface area contributed by atoms with Gasteiger partial charge in [-0.15, -0.1) is 0 Å². The van der Waals surface area contributed by atoms with Gasteiger partial charge in [-0.3, -0.25) is 0 Å². The Balaban J connectivity index is 2.04. The Morgan fingerprint density at radius 1 is 1.33 bits per heavy atom. The second-order valence-corrected chi connectivity index (χ2v) is 4.62. The van der Waals surface area contributed by atoms with Crippen molar-refractivity contribution in [1.82, 2.24) is 10.3 Å². The van der Waals surface area contributed by atoms with Gasteiger partial charge in [0.2, 0.25) is 5.89 Å². The van der Waals surface area contributed by atoms with Crippen LogP contribution < -0.4 is 5.32 Å². The summed E-state index contributed by atoms with van der Waals surface area (Å²) >= 11 is 0. The maximum absolute atomic E-state index is 13.5. The van der Waals surface area contributed by atoms with Crippen molar-refractivity contribution in [3.8, 4) is 11.3 Å². The minimum Gasteiger partial charge on any atom is -0.439 e. The molecule has 96 valence electrons. The molecule has 0 amide bonds. The van der Waals surface area contributed by atoms with Crippen LogP contribution in [0.1, 0.15) is 19.7 Å². The molecular formula is C14H17FN2O. The number of benzene rings is 1. The summed E-state index contributed by atoms with van der Waals surface area (Å²) in [5.74, 6) is 1.32. The average molecular weight is 248 g/mol. The zero-order valence-electron chi connectivity index (χ0n) is 10.6. The van der Waals surface area contributed by atoms with E-state index in [1.165, 1.54) is 6.07 Å². The van der Waals surface area contributed by atoms with Crippen molar-refractivity contribution in [3.05, 3.63) is 42.2 Å². The van der Waals surface area contributed by atoms with Crippen molar-refractivity contribution >= 4 is 0 Å². The first-order valence-electron chi connectivity index (χ1n) is 6.07. The highest BCUT2D eigenvalue weighted by Gasteiger charge is 2.10. The van der Waals surface area contributed by atoms with Crippen molar-refractivity contribution in [1.29, 1.82) is 0 Å². The normalized spacial score (nSPS) is 11.1. The van der Waals surface area contributed by atoms with Gasteiger partial charge in [0.25, 0.3) is 0 Å². The van der Waals surface area contributed by atoms with E-state index in [0.717, 1.165) is 6.54 Å². The fraction of sp³-hybridized carbons (Fsp3) is 0.357. The number of hydrogen-bond donors (Lipinski definition) is 1. The lowest BCUT2D eigenvalue weighted by Gasteiger charge is -2.04. The molecule has 3 nitrogen and oxygen atoms in total. The van der Waals surface area contributed by atoms with Gasteiger partial charge in [-0.25, -0.2) is 9.37 Å². The zero-order valence-corrected chi connectivity index (χ0v) is 10.6. The second-order valence-electron chi connectivity index (χ2n) is 4.62. The van der Waals surface area contributed by atoms with Gasteiger partial charge in [0.05, 0.1) is 18.3 Å². The molecule has 0 aliphatic rings. The van der Waals surface area contributed by atoms with Gasteiger partial charge in [0.1, 0.15) is 5.82 Å². The molecule has 0 aliphatic carbocycles. The van der Waals surface area contributed by atoms with Gasteiger partial charge in [-0.05, 0) is 24.6 Å². The van der Waals surface area contributed by atoms with E-state index in [4.69, 9.17) is 4.42 Å². The lowest BCUT2D eigenvalue weighted by atomic mass is 10.2. The van der Waals surface area contributed by atoms with Gasteiger partial charge < -0.3 is 9.73 Å². The van der Waals surface area contributed by atoms with Crippen molar-refractivity contribution in [2.75, 3.05) is 6.54 Å². The van der Waals surface area contributed by atoms with Crippen LogP contribution in [0.2, 0.25) is 0 Å². The third-order valence-corrected chi connectivity index (χ3v) is 2.52. The third-order valence-electron chi connectivity index (χ3n) is 2.52. The Morgan fingerprint density at radius 2 is 2.11 bits per heavy atom. The summed E-state index contributed by atoms with van der Waals surface area (Å²) in [4.78, 5) is 4.13. The zero-order chi connectivity index (χ0) is 13.0. The topological polar surface area (TPSA) is 38.1 Å². The highest BCUT2D eigenvalue weighted by atomic mass is 19.1. The van der Waals surface area contributed by atoms with Crippen molar-refractivity contribution < 1.29 is 8.81 Å². The van der Waals surface area contributed by atoms with Gasteiger partial charge in [-0.2, -0.15) is 0 Å². The molecule has 0 saturated carbocycles. The molecule has 2 rings (SSSR count). The van der Waals surface area contributed by atoms with E-state index in [2.05, 4.69) is 24.1 Å². The molecule has 0 fully saturated rings. The first-order valence-corrected chi connectivity index (χ1v) is 6.07. The van der Waals surface area contributed by atoms with Crippen LogP contribution in [0.25, 0.3) is 11.3 Å². The minimum atomic E-state index is -0.296. The monoisotopic (exact) mass is 248 g/mol. The maximum Gasteiger partial charge on any atom is 0.208 e. The Bertz CT molecular complexity index is 508. The first-order chi connectivity index (χ1) is 8.66. The van der Waals surface area contributed by atoms with Crippen LogP contribution in [0, 0.1) is 11.7 Å². The minimum absolute atomic E-state index is 0.296. The summed E-state index contributed by atoms with van der Waals surface area (Å²) in [7, 11) is 0. The molecule has 1 heterocycles.